The number of para-hydroxylation sites is 3. The van der Waals surface area contributed by atoms with Crippen LogP contribution in [0.5, 0.6) is 0 Å². The maximum absolute atomic E-state index is 2.58. The maximum atomic E-state index is 2.58. The molecule has 632 valence electrons. The fraction of sp³-hybridized carbons (Fsp3) is 0.156. The Morgan fingerprint density at radius 2 is 0.553 bits per heavy atom. The molecule has 18 aromatic carbocycles. The van der Waals surface area contributed by atoms with Gasteiger partial charge in [0.2, 0.25) is 0 Å². The molecular weight excluding hydrogens is 1590 g/mol. The van der Waals surface area contributed by atoms with Crippen LogP contribution in [0.15, 0.2) is 437 Å². The van der Waals surface area contributed by atoms with Crippen molar-refractivity contribution in [3.63, 3.8) is 0 Å². The topological polar surface area (TPSA) is 16.3 Å². The normalized spacial score (nSPS) is 21.1. The molecule has 8 saturated carbocycles. The number of nitrogens with zero attached hydrogens (tertiary/aromatic N) is 4. The Labute approximate surface area is 773 Å². The molecule has 4 nitrogen and oxygen atoms in total. The van der Waals surface area contributed by atoms with Gasteiger partial charge in [-0.15, -0.1) is 0 Å². The van der Waals surface area contributed by atoms with E-state index in [-0.39, 0.29) is 10.8 Å². The van der Waals surface area contributed by atoms with Gasteiger partial charge in [0, 0.05) is 77.8 Å². The van der Waals surface area contributed by atoms with Crippen molar-refractivity contribution in [1.82, 2.24) is 9.13 Å². The minimum Gasteiger partial charge on any atom is -0.310 e. The molecule has 0 N–H and O–H groups in total. The van der Waals surface area contributed by atoms with Crippen LogP contribution in [0.2, 0.25) is 0 Å². The predicted molar refractivity (Wildman–Crippen MR) is 550 cm³/mol. The van der Waals surface area contributed by atoms with Gasteiger partial charge in [-0.25, -0.2) is 0 Å². The Bertz CT molecular complexity index is 7630. The molecule has 10 aliphatic rings. The summed E-state index contributed by atoms with van der Waals surface area (Å²) in [5.41, 5.74) is 41.4. The summed E-state index contributed by atoms with van der Waals surface area (Å²) in [5.74, 6) is 6.58. The largest absolute Gasteiger partial charge is 0.310 e. The molecule has 20 aromatic rings. The molecule has 0 radical (unpaired) electrons. The van der Waals surface area contributed by atoms with Gasteiger partial charge in [0.25, 0.3) is 0 Å². The number of fused-ring (bicyclic) bond motifs is 12. The molecule has 2 spiro atoms. The first-order valence-corrected chi connectivity index (χ1v) is 48.4. The monoisotopic (exact) mass is 1690 g/mol. The number of rotatable bonds is 14. The van der Waals surface area contributed by atoms with Crippen molar-refractivity contribution in [2.75, 3.05) is 9.80 Å². The molecule has 0 saturated heterocycles. The summed E-state index contributed by atoms with van der Waals surface area (Å²) in [4.78, 5) is 4.88. The zero-order chi connectivity index (χ0) is 86.7. The molecule has 0 amide bonds. The average molecular weight is 1690 g/mol. The highest BCUT2D eigenvalue weighted by molar-refractivity contribution is 6.20. The summed E-state index contributed by atoms with van der Waals surface area (Å²) >= 11 is 0. The summed E-state index contributed by atoms with van der Waals surface area (Å²) in [5, 5.41) is 5.00. The Morgan fingerprint density at radius 1 is 0.205 bits per heavy atom. The van der Waals surface area contributed by atoms with Crippen LogP contribution in [-0.2, 0) is 10.8 Å². The molecule has 0 atom stereocenters. The van der Waals surface area contributed by atoms with Crippen molar-refractivity contribution in [3.05, 3.63) is 459 Å². The third-order valence-electron chi connectivity index (χ3n) is 32.7. The molecule has 4 heteroatoms. The summed E-state index contributed by atoms with van der Waals surface area (Å²) in [7, 11) is 0. The molecule has 0 unspecified atom stereocenters. The fourth-order valence-corrected chi connectivity index (χ4v) is 27.9. The lowest BCUT2D eigenvalue weighted by molar-refractivity contribution is -0.0399. The molecule has 2 heterocycles. The van der Waals surface area contributed by atoms with Gasteiger partial charge in [-0.2, -0.15) is 0 Å². The minimum atomic E-state index is 0.0913. The van der Waals surface area contributed by atoms with E-state index in [9.17, 15) is 0 Å². The first-order chi connectivity index (χ1) is 65.4. The number of hydrogen-bond acceptors (Lipinski definition) is 2. The quantitative estimate of drug-likeness (QED) is 0.108. The second kappa shape index (κ2) is 30.9. The van der Waals surface area contributed by atoms with Crippen LogP contribution < -0.4 is 9.80 Å². The van der Waals surface area contributed by atoms with Gasteiger partial charge in [0.05, 0.1) is 27.8 Å². The van der Waals surface area contributed by atoms with Crippen molar-refractivity contribution in [1.29, 1.82) is 0 Å². The lowest BCUT2D eigenvalue weighted by Crippen LogP contribution is -2.55. The van der Waals surface area contributed by atoms with E-state index in [4.69, 9.17) is 0 Å². The highest BCUT2D eigenvalue weighted by Gasteiger charge is 2.64. The summed E-state index contributed by atoms with van der Waals surface area (Å²) < 4.78 is 5.04. The Balaban J connectivity index is 0.000000135. The van der Waals surface area contributed by atoms with Crippen molar-refractivity contribution in [2.24, 2.45) is 47.3 Å². The lowest BCUT2D eigenvalue weighted by Gasteiger charge is -2.61. The molecule has 132 heavy (non-hydrogen) atoms. The van der Waals surface area contributed by atoms with E-state index in [2.05, 4.69) is 456 Å². The van der Waals surface area contributed by atoms with Gasteiger partial charge in [-0.1, -0.05) is 328 Å². The molecule has 2 aromatic heterocycles. The Kier molecular flexibility index (Phi) is 18.1. The molecule has 8 bridgehead atoms. The smallest absolute Gasteiger partial charge is 0.0620 e. The first-order valence-electron chi connectivity index (χ1n) is 48.4. The van der Waals surface area contributed by atoms with Gasteiger partial charge in [-0.3, -0.25) is 0 Å². The van der Waals surface area contributed by atoms with E-state index < -0.39 is 0 Å². The molecular formula is C128H100N4. The predicted octanol–water partition coefficient (Wildman–Crippen LogP) is 34.0. The minimum absolute atomic E-state index is 0.0913. The van der Waals surface area contributed by atoms with Crippen LogP contribution in [-0.4, -0.2) is 9.13 Å². The van der Waals surface area contributed by atoms with E-state index >= 15 is 0 Å². The molecule has 30 rings (SSSR count). The number of aromatic nitrogens is 2. The third-order valence-corrected chi connectivity index (χ3v) is 32.7. The third kappa shape index (κ3) is 12.1. The van der Waals surface area contributed by atoms with Crippen LogP contribution in [0.4, 0.5) is 34.1 Å². The van der Waals surface area contributed by atoms with Crippen molar-refractivity contribution < 1.29 is 0 Å². The van der Waals surface area contributed by atoms with E-state index in [1.54, 1.807) is 22.3 Å². The van der Waals surface area contributed by atoms with E-state index in [0.29, 0.717) is 11.8 Å². The van der Waals surface area contributed by atoms with Gasteiger partial charge in [0.15, 0.2) is 0 Å². The molecule has 0 aliphatic heterocycles. The summed E-state index contributed by atoms with van der Waals surface area (Å²) in [6.07, 6.45) is 14.0. The van der Waals surface area contributed by atoms with Crippen molar-refractivity contribution in [3.8, 4) is 100 Å². The lowest BCUT2D eigenvalue weighted by atomic mass is 9.42. The van der Waals surface area contributed by atoms with Gasteiger partial charge in [0.1, 0.15) is 0 Å². The molecule has 8 fully saturated rings. The zero-order valence-electron chi connectivity index (χ0n) is 74.0. The summed E-state index contributed by atoms with van der Waals surface area (Å²) in [6.45, 7) is 0. The van der Waals surface area contributed by atoms with Crippen LogP contribution >= 0.6 is 0 Å². The van der Waals surface area contributed by atoms with Crippen molar-refractivity contribution in [2.45, 2.75) is 75.0 Å². The van der Waals surface area contributed by atoms with E-state index in [1.807, 2.05) is 0 Å². The van der Waals surface area contributed by atoms with Gasteiger partial charge in [-0.05, 0) is 326 Å². The second-order valence-electron chi connectivity index (χ2n) is 39.4. The second-order valence-corrected chi connectivity index (χ2v) is 39.4. The van der Waals surface area contributed by atoms with Crippen molar-refractivity contribution >= 4 is 77.7 Å². The van der Waals surface area contributed by atoms with Crippen LogP contribution in [0.1, 0.15) is 86.5 Å². The highest BCUT2D eigenvalue weighted by atomic mass is 15.2. The number of benzene rings is 18. The van der Waals surface area contributed by atoms with E-state index in [1.165, 1.54) is 203 Å². The van der Waals surface area contributed by atoms with Crippen LogP contribution in [0.25, 0.3) is 144 Å². The first kappa shape index (κ1) is 77.1. The van der Waals surface area contributed by atoms with Crippen LogP contribution in [0.3, 0.4) is 0 Å². The SMILES string of the molecule is c1ccc(-c2ccc(N(c3ccc(-c4ccccc4)cc3)c3ccc4c5ccc(-c6cccc7c6C6(c8ccccc8-7)C7CC8CC(C7)CC6C8)cc5n(-c5ccccc5)c4c3)cc2)cc1.c1ccc(-c2ccc(N(c3ccc(-c4ccccc4)cc3)c3cccc4c3c3cccc(-c5ccc6c(c5)-c5ccccc5C65C6CC7CC(C6)CC5C7)c3n4-c3ccccc3)cc2)cc1. The highest BCUT2D eigenvalue weighted by Crippen LogP contribution is 2.72. The fourth-order valence-electron chi connectivity index (χ4n) is 27.9. The Hall–Kier alpha value is -14.8. The standard InChI is InChI=1S/2C64H50N2/c1-4-14-44(15-5-1)46-26-31-52(32-27-46)65(53-33-28-47(29-34-53)45-16-6-2-7-17-45)60-24-13-25-61-62(60)56-22-12-21-54(63(56)66(61)51-18-8-3-9-19-51)48-30-35-59-57(41-48)55-20-10-11-23-58(55)64(59)49-37-42-36-43(39-49)40-50(64)38-42;1-4-13-44(14-5-1)46-23-28-52(29-24-46)65(53-30-25-47(26-31-53)45-15-6-2-7-16-45)54-32-34-58-57-33-27-48(40-61(57)66(62(58)41-54)51-17-8-3-9-18-51)55-20-12-21-59-56-19-10-11-22-60(56)64(63(55)59)49-36-42-35-43(38-49)39-50(64)37-42/h1-35,41-43,49-50H,36-40H2;1-34,40-43,49-50H,35-39H2. The number of anilines is 6. The van der Waals surface area contributed by atoms with Gasteiger partial charge < -0.3 is 18.9 Å². The average Bonchev–Trinajstić information content (AvgIpc) is 1.50. The Morgan fingerprint density at radius 3 is 1.06 bits per heavy atom. The summed E-state index contributed by atoms with van der Waals surface area (Å²) in [6, 6.07) is 163. The molecule has 10 aliphatic carbocycles. The van der Waals surface area contributed by atoms with E-state index in [0.717, 1.165) is 75.3 Å². The number of hydrogen-bond donors (Lipinski definition) is 0. The zero-order valence-corrected chi connectivity index (χ0v) is 74.0. The van der Waals surface area contributed by atoms with Gasteiger partial charge >= 0.3 is 0 Å². The van der Waals surface area contributed by atoms with Crippen LogP contribution in [0, 0.1) is 47.3 Å². The maximum Gasteiger partial charge on any atom is 0.0620 e.